The number of rotatable bonds is 1. The molecule has 108 valence electrons. The normalized spacial score (nSPS) is 12.8. The summed E-state index contributed by atoms with van der Waals surface area (Å²) in [4.78, 5) is 3.77. The van der Waals surface area contributed by atoms with Crippen molar-refractivity contribution >= 4 is 11.6 Å². The minimum atomic E-state index is -4.41. The molecule has 0 spiro atoms. The summed E-state index contributed by atoms with van der Waals surface area (Å²) in [5.41, 5.74) is -0.273. The Morgan fingerprint density at radius 2 is 1.80 bits per heavy atom. The number of halogens is 4. The molecule has 0 aliphatic carbocycles. The number of nitrogens with zero attached hydrogens (tertiary/aromatic N) is 3. The van der Waals surface area contributed by atoms with Crippen LogP contribution in [-0.4, -0.2) is 14.8 Å². The van der Waals surface area contributed by atoms with Crippen molar-refractivity contribution in [3.63, 3.8) is 0 Å². The van der Waals surface area contributed by atoms with Gasteiger partial charge in [-0.15, -0.1) is 0 Å². The first kappa shape index (κ1) is 14.8. The summed E-state index contributed by atoms with van der Waals surface area (Å²) >= 11 is 6.05. The SMILES string of the molecule is CC(C)(C)c1cc(Cl)n(-c2ccc(C(F)(F)F)cn2)n1. The van der Waals surface area contributed by atoms with E-state index in [0.29, 0.717) is 5.15 Å². The van der Waals surface area contributed by atoms with Gasteiger partial charge in [0, 0.05) is 11.6 Å². The number of aromatic nitrogens is 3. The molecule has 0 amide bonds. The van der Waals surface area contributed by atoms with E-state index in [0.717, 1.165) is 18.0 Å². The minimum Gasteiger partial charge on any atom is -0.236 e. The van der Waals surface area contributed by atoms with Crippen LogP contribution in [0.1, 0.15) is 32.0 Å². The number of alkyl halides is 3. The smallest absolute Gasteiger partial charge is 0.236 e. The highest BCUT2D eigenvalue weighted by Crippen LogP contribution is 2.29. The molecule has 0 unspecified atom stereocenters. The quantitative estimate of drug-likeness (QED) is 0.789. The van der Waals surface area contributed by atoms with Gasteiger partial charge >= 0.3 is 6.18 Å². The summed E-state index contributed by atoms with van der Waals surface area (Å²) in [6, 6.07) is 3.88. The highest BCUT2D eigenvalue weighted by Gasteiger charge is 2.31. The Balaban J connectivity index is 2.40. The molecule has 0 saturated carbocycles. The standard InChI is InChI=1S/C13H13ClF3N3/c1-12(2,3)9-6-10(14)20(19-9)11-5-4-8(7-18-11)13(15,16)17/h4-7H,1-3H3. The first-order valence-electron chi connectivity index (χ1n) is 5.89. The maximum atomic E-state index is 12.5. The lowest BCUT2D eigenvalue weighted by atomic mass is 9.93. The monoisotopic (exact) mass is 303 g/mol. The van der Waals surface area contributed by atoms with Gasteiger partial charge in [0.15, 0.2) is 5.82 Å². The number of pyridine rings is 1. The fraction of sp³-hybridized carbons (Fsp3) is 0.385. The van der Waals surface area contributed by atoms with Crippen molar-refractivity contribution in [3.05, 3.63) is 40.8 Å². The lowest BCUT2D eigenvalue weighted by Gasteiger charge is -2.14. The zero-order chi connectivity index (χ0) is 15.1. The largest absolute Gasteiger partial charge is 0.417 e. The average Bonchev–Trinajstić information content (AvgIpc) is 2.70. The molecule has 0 saturated heterocycles. The van der Waals surface area contributed by atoms with Crippen LogP contribution in [0.3, 0.4) is 0 Å². The maximum Gasteiger partial charge on any atom is 0.417 e. The molecular formula is C13H13ClF3N3. The van der Waals surface area contributed by atoms with Crippen LogP contribution >= 0.6 is 11.6 Å². The Hall–Kier alpha value is -1.56. The molecule has 0 fully saturated rings. The molecule has 2 aromatic heterocycles. The first-order chi connectivity index (χ1) is 9.09. The third kappa shape index (κ3) is 2.95. The fourth-order valence-electron chi connectivity index (χ4n) is 1.56. The van der Waals surface area contributed by atoms with E-state index < -0.39 is 11.7 Å². The van der Waals surface area contributed by atoms with Crippen molar-refractivity contribution in [2.45, 2.75) is 32.4 Å². The molecule has 7 heteroatoms. The lowest BCUT2D eigenvalue weighted by molar-refractivity contribution is -0.137. The van der Waals surface area contributed by atoms with Gasteiger partial charge in [-0.3, -0.25) is 0 Å². The molecule has 2 rings (SSSR count). The number of hydrogen-bond acceptors (Lipinski definition) is 2. The van der Waals surface area contributed by atoms with E-state index in [9.17, 15) is 13.2 Å². The van der Waals surface area contributed by atoms with Crippen molar-refractivity contribution in [1.82, 2.24) is 14.8 Å². The molecule has 0 aliphatic rings. The summed E-state index contributed by atoms with van der Waals surface area (Å²) in [5.74, 6) is 0.249. The summed E-state index contributed by atoms with van der Waals surface area (Å²) < 4.78 is 38.7. The fourth-order valence-corrected chi connectivity index (χ4v) is 1.79. The molecule has 2 heterocycles. The van der Waals surface area contributed by atoms with Gasteiger partial charge in [0.2, 0.25) is 0 Å². The van der Waals surface area contributed by atoms with Crippen molar-refractivity contribution < 1.29 is 13.2 Å². The van der Waals surface area contributed by atoms with Crippen molar-refractivity contribution in [2.75, 3.05) is 0 Å². The van der Waals surface area contributed by atoms with E-state index in [4.69, 9.17) is 11.6 Å². The molecule has 20 heavy (non-hydrogen) atoms. The molecule has 0 aliphatic heterocycles. The van der Waals surface area contributed by atoms with Crippen LogP contribution in [-0.2, 0) is 11.6 Å². The van der Waals surface area contributed by atoms with Crippen molar-refractivity contribution in [2.24, 2.45) is 0 Å². The van der Waals surface area contributed by atoms with Gasteiger partial charge in [0.05, 0.1) is 11.3 Å². The van der Waals surface area contributed by atoms with Crippen LogP contribution in [0.4, 0.5) is 13.2 Å². The third-order valence-electron chi connectivity index (χ3n) is 2.73. The van der Waals surface area contributed by atoms with E-state index >= 15 is 0 Å². The van der Waals surface area contributed by atoms with E-state index in [2.05, 4.69) is 10.1 Å². The predicted octanol–water partition coefficient (Wildman–Crippen LogP) is 4.24. The number of hydrogen-bond donors (Lipinski definition) is 0. The highest BCUT2D eigenvalue weighted by atomic mass is 35.5. The summed E-state index contributed by atoms with van der Waals surface area (Å²) in [7, 11) is 0. The molecule has 0 atom stereocenters. The Kier molecular flexibility index (Phi) is 3.54. The van der Waals surface area contributed by atoms with Crippen LogP contribution in [0, 0.1) is 0 Å². The Morgan fingerprint density at radius 3 is 2.20 bits per heavy atom. The van der Waals surface area contributed by atoms with Crippen LogP contribution < -0.4 is 0 Å². The summed E-state index contributed by atoms with van der Waals surface area (Å²) in [5, 5.41) is 4.59. The highest BCUT2D eigenvalue weighted by molar-refractivity contribution is 6.29. The van der Waals surface area contributed by atoms with E-state index in [1.807, 2.05) is 20.8 Å². The Bertz CT molecular complexity index is 609. The molecular weight excluding hydrogens is 291 g/mol. The summed E-state index contributed by atoms with van der Waals surface area (Å²) in [6.07, 6.45) is -3.64. The van der Waals surface area contributed by atoms with Crippen molar-refractivity contribution in [1.29, 1.82) is 0 Å². The molecule has 0 bridgehead atoms. The lowest BCUT2D eigenvalue weighted by Crippen LogP contribution is -2.13. The second-order valence-corrected chi connectivity index (χ2v) is 5.80. The second kappa shape index (κ2) is 4.77. The van der Waals surface area contributed by atoms with E-state index in [1.165, 1.54) is 10.7 Å². The van der Waals surface area contributed by atoms with Gasteiger partial charge in [-0.25, -0.2) is 9.67 Å². The van der Waals surface area contributed by atoms with Gasteiger partial charge in [0.1, 0.15) is 5.15 Å². The third-order valence-corrected chi connectivity index (χ3v) is 3.00. The molecule has 0 N–H and O–H groups in total. The summed E-state index contributed by atoms with van der Waals surface area (Å²) in [6.45, 7) is 5.91. The predicted molar refractivity (Wildman–Crippen MR) is 70.1 cm³/mol. The zero-order valence-electron chi connectivity index (χ0n) is 11.2. The Morgan fingerprint density at radius 1 is 1.15 bits per heavy atom. The van der Waals surface area contributed by atoms with Crippen molar-refractivity contribution in [3.8, 4) is 5.82 Å². The zero-order valence-corrected chi connectivity index (χ0v) is 11.9. The van der Waals surface area contributed by atoms with Gasteiger partial charge in [-0.1, -0.05) is 32.4 Å². The van der Waals surface area contributed by atoms with Crippen LogP contribution in [0.5, 0.6) is 0 Å². The van der Waals surface area contributed by atoms with Crippen LogP contribution in [0.15, 0.2) is 24.4 Å². The van der Waals surface area contributed by atoms with E-state index in [1.54, 1.807) is 6.07 Å². The van der Waals surface area contributed by atoms with Crippen LogP contribution in [0.2, 0.25) is 5.15 Å². The minimum absolute atomic E-state index is 0.208. The maximum absolute atomic E-state index is 12.5. The second-order valence-electron chi connectivity index (χ2n) is 5.42. The van der Waals surface area contributed by atoms with E-state index in [-0.39, 0.29) is 11.2 Å². The van der Waals surface area contributed by atoms with Gasteiger partial charge < -0.3 is 0 Å². The molecule has 0 radical (unpaired) electrons. The topological polar surface area (TPSA) is 30.7 Å². The Labute approximate surface area is 119 Å². The molecule has 3 nitrogen and oxygen atoms in total. The molecule has 0 aromatic carbocycles. The van der Waals surface area contributed by atoms with Crippen LogP contribution in [0.25, 0.3) is 5.82 Å². The molecule has 2 aromatic rings. The van der Waals surface area contributed by atoms with Gasteiger partial charge in [-0.05, 0) is 18.2 Å². The average molecular weight is 304 g/mol. The van der Waals surface area contributed by atoms with Gasteiger partial charge in [-0.2, -0.15) is 18.3 Å². The first-order valence-corrected chi connectivity index (χ1v) is 6.26. The van der Waals surface area contributed by atoms with Gasteiger partial charge in [0.25, 0.3) is 0 Å².